The summed E-state index contributed by atoms with van der Waals surface area (Å²) in [6, 6.07) is 13.5. The monoisotopic (exact) mass is 387 g/mol. The van der Waals surface area contributed by atoms with Crippen molar-refractivity contribution in [3.8, 4) is 0 Å². The second-order valence-corrected chi connectivity index (χ2v) is 8.01. The number of allylic oxidation sites excluding steroid dienone is 3. The first-order valence-electron chi connectivity index (χ1n) is 9.97. The average molecular weight is 387 g/mol. The number of carbonyl (C=O) groups is 2. The molecule has 5 nitrogen and oxygen atoms in total. The smallest absolute Gasteiger partial charge is 0.255 e. The number of ketones is 1. The first-order valence-corrected chi connectivity index (χ1v) is 9.97. The first-order chi connectivity index (χ1) is 13.9. The predicted molar refractivity (Wildman–Crippen MR) is 113 cm³/mol. The number of carbonyl (C=O) groups excluding carboxylic acids is 2. The van der Waals surface area contributed by atoms with Crippen molar-refractivity contribution in [1.29, 1.82) is 0 Å². The van der Waals surface area contributed by atoms with E-state index in [1.54, 1.807) is 12.3 Å². The minimum Gasteiger partial charge on any atom is -0.362 e. The predicted octanol–water partition coefficient (Wildman–Crippen LogP) is 4.24. The zero-order chi connectivity index (χ0) is 20.5. The van der Waals surface area contributed by atoms with Gasteiger partial charge in [0, 0.05) is 41.1 Å². The molecule has 5 heteroatoms. The van der Waals surface area contributed by atoms with Crippen molar-refractivity contribution >= 4 is 17.5 Å². The van der Waals surface area contributed by atoms with Gasteiger partial charge in [0.1, 0.15) is 5.82 Å². The lowest BCUT2D eigenvalue weighted by atomic mass is 9.73. The number of aromatic nitrogens is 1. The molecule has 0 radical (unpaired) electrons. The maximum Gasteiger partial charge on any atom is 0.255 e. The molecule has 0 spiro atoms. The normalized spacial score (nSPS) is 21.6. The van der Waals surface area contributed by atoms with E-state index in [2.05, 4.69) is 22.5 Å². The number of Topliss-reactive ketones (excluding diaryl/α,β-unsaturated/α-hetero) is 1. The van der Waals surface area contributed by atoms with Crippen LogP contribution in [-0.2, 0) is 9.59 Å². The van der Waals surface area contributed by atoms with Crippen LogP contribution >= 0.6 is 0 Å². The third-order valence-corrected chi connectivity index (χ3v) is 5.56. The molecule has 2 unspecified atom stereocenters. The second kappa shape index (κ2) is 7.66. The highest BCUT2D eigenvalue weighted by molar-refractivity contribution is 6.09. The van der Waals surface area contributed by atoms with Gasteiger partial charge < -0.3 is 10.6 Å². The number of nitrogens with zero attached hydrogens (tertiary/aromatic N) is 1. The minimum atomic E-state index is -0.377. The molecule has 1 amide bonds. The maximum atomic E-state index is 13.3. The van der Waals surface area contributed by atoms with Gasteiger partial charge in [-0.25, -0.2) is 4.98 Å². The third kappa shape index (κ3) is 3.73. The Morgan fingerprint density at radius 2 is 1.86 bits per heavy atom. The van der Waals surface area contributed by atoms with Gasteiger partial charge in [-0.15, -0.1) is 0 Å². The van der Waals surface area contributed by atoms with Crippen LogP contribution < -0.4 is 10.6 Å². The Morgan fingerprint density at radius 1 is 1.10 bits per heavy atom. The van der Waals surface area contributed by atoms with Gasteiger partial charge in [0.05, 0.1) is 0 Å². The Morgan fingerprint density at radius 3 is 2.55 bits per heavy atom. The van der Waals surface area contributed by atoms with E-state index in [0.717, 1.165) is 34.5 Å². The van der Waals surface area contributed by atoms with Gasteiger partial charge in [0.25, 0.3) is 5.91 Å². The van der Waals surface area contributed by atoms with Crippen molar-refractivity contribution in [1.82, 2.24) is 10.3 Å². The van der Waals surface area contributed by atoms with Crippen LogP contribution in [0.2, 0.25) is 0 Å². The van der Waals surface area contributed by atoms with Crippen molar-refractivity contribution in [2.75, 3.05) is 5.32 Å². The molecule has 2 heterocycles. The summed E-state index contributed by atoms with van der Waals surface area (Å²) in [6.07, 6.45) is 3.05. The molecule has 0 saturated carbocycles. The molecular weight excluding hydrogens is 362 g/mol. The fraction of sp³-hybridized carbons (Fsp3) is 0.292. The molecule has 148 valence electrons. The molecule has 0 bridgehead atoms. The molecule has 1 aliphatic heterocycles. The molecule has 2 N–H and O–H groups in total. The van der Waals surface area contributed by atoms with E-state index in [9.17, 15) is 9.59 Å². The molecule has 29 heavy (non-hydrogen) atoms. The third-order valence-electron chi connectivity index (χ3n) is 5.56. The van der Waals surface area contributed by atoms with Gasteiger partial charge in [0.15, 0.2) is 5.78 Å². The van der Waals surface area contributed by atoms with Gasteiger partial charge in [-0.3, -0.25) is 9.59 Å². The molecule has 1 aliphatic carbocycles. The Kier molecular flexibility index (Phi) is 5.05. The van der Waals surface area contributed by atoms with Gasteiger partial charge in [0.2, 0.25) is 0 Å². The number of anilines is 1. The van der Waals surface area contributed by atoms with Gasteiger partial charge in [-0.05, 0) is 43.4 Å². The summed E-state index contributed by atoms with van der Waals surface area (Å²) < 4.78 is 0. The number of benzene rings is 1. The van der Waals surface area contributed by atoms with E-state index in [0.29, 0.717) is 23.7 Å². The summed E-state index contributed by atoms with van der Waals surface area (Å²) in [6.45, 7) is 5.94. The van der Waals surface area contributed by atoms with Gasteiger partial charge in [-0.2, -0.15) is 0 Å². The van der Waals surface area contributed by atoms with Crippen LogP contribution in [0.3, 0.4) is 0 Å². The molecule has 2 atom stereocenters. The van der Waals surface area contributed by atoms with Crippen LogP contribution in [0.5, 0.6) is 0 Å². The van der Waals surface area contributed by atoms with E-state index in [1.807, 2.05) is 50.2 Å². The zero-order valence-electron chi connectivity index (χ0n) is 17.0. The standard InChI is InChI=1S/C24H25N3O2/c1-14-9-10-20(25-13-14)27-24(29)21-16(3)26-18-11-15(2)12-19(28)23(18)22(21)17-7-5-4-6-8-17/h4-10,13,15,22,26H,11-12H2,1-3H3,(H,25,27,29). The molecule has 1 aromatic heterocycles. The van der Waals surface area contributed by atoms with Crippen molar-refractivity contribution in [2.45, 2.75) is 39.5 Å². The number of nitrogens with one attached hydrogen (secondary N) is 2. The fourth-order valence-corrected chi connectivity index (χ4v) is 4.24. The molecule has 2 aliphatic rings. The molecule has 1 aromatic carbocycles. The second-order valence-electron chi connectivity index (χ2n) is 8.01. The number of rotatable bonds is 3. The number of amides is 1. The number of aryl methyl sites for hydroxylation is 1. The van der Waals surface area contributed by atoms with E-state index in [1.165, 1.54) is 0 Å². The SMILES string of the molecule is CC1=C(C(=O)Nc2ccc(C)cn2)C(c2ccccc2)C2=C(CC(C)CC2=O)N1. The van der Waals surface area contributed by atoms with E-state index < -0.39 is 0 Å². The topological polar surface area (TPSA) is 71.1 Å². The van der Waals surface area contributed by atoms with Crippen LogP contribution in [0.1, 0.15) is 43.7 Å². The summed E-state index contributed by atoms with van der Waals surface area (Å²) in [5, 5.41) is 6.27. The Hall–Kier alpha value is -3.21. The maximum absolute atomic E-state index is 13.3. The lowest BCUT2D eigenvalue weighted by Crippen LogP contribution is -2.37. The van der Waals surface area contributed by atoms with Crippen molar-refractivity contribution in [3.05, 3.63) is 82.3 Å². The van der Waals surface area contributed by atoms with E-state index >= 15 is 0 Å². The Balaban J connectivity index is 1.77. The lowest BCUT2D eigenvalue weighted by molar-refractivity contribution is -0.117. The van der Waals surface area contributed by atoms with E-state index in [-0.39, 0.29) is 17.6 Å². The summed E-state index contributed by atoms with van der Waals surface area (Å²) in [5.41, 5.74) is 5.00. The number of hydrogen-bond acceptors (Lipinski definition) is 4. The summed E-state index contributed by atoms with van der Waals surface area (Å²) in [5.74, 6) is 0.295. The van der Waals surface area contributed by atoms with E-state index in [4.69, 9.17) is 0 Å². The van der Waals surface area contributed by atoms with Crippen molar-refractivity contribution < 1.29 is 9.59 Å². The highest BCUT2D eigenvalue weighted by atomic mass is 16.2. The lowest BCUT2D eigenvalue weighted by Gasteiger charge is -2.36. The molecular formula is C24H25N3O2. The largest absolute Gasteiger partial charge is 0.362 e. The zero-order valence-corrected chi connectivity index (χ0v) is 17.0. The average Bonchev–Trinajstić information content (AvgIpc) is 2.69. The van der Waals surface area contributed by atoms with Gasteiger partial charge in [-0.1, -0.05) is 43.3 Å². The van der Waals surface area contributed by atoms with Crippen LogP contribution in [0.25, 0.3) is 0 Å². The highest BCUT2D eigenvalue weighted by Gasteiger charge is 2.39. The van der Waals surface area contributed by atoms with Crippen molar-refractivity contribution in [3.63, 3.8) is 0 Å². The first kappa shape index (κ1) is 19.1. The summed E-state index contributed by atoms with van der Waals surface area (Å²) in [7, 11) is 0. The quantitative estimate of drug-likeness (QED) is 0.826. The van der Waals surface area contributed by atoms with Gasteiger partial charge >= 0.3 is 0 Å². The summed E-state index contributed by atoms with van der Waals surface area (Å²) in [4.78, 5) is 30.6. The molecule has 0 fully saturated rings. The van der Waals surface area contributed by atoms with Crippen molar-refractivity contribution in [2.24, 2.45) is 5.92 Å². The highest BCUT2D eigenvalue weighted by Crippen LogP contribution is 2.43. The fourth-order valence-electron chi connectivity index (χ4n) is 4.24. The van der Waals surface area contributed by atoms with Crippen LogP contribution in [0.15, 0.2) is 71.2 Å². The van der Waals surface area contributed by atoms with Crippen LogP contribution in [-0.4, -0.2) is 16.7 Å². The Bertz CT molecular complexity index is 1020. The number of dihydropyridines is 1. The number of hydrogen-bond donors (Lipinski definition) is 2. The Labute approximate surface area is 170 Å². The number of pyridine rings is 1. The molecule has 0 saturated heterocycles. The minimum absolute atomic E-state index is 0.117. The summed E-state index contributed by atoms with van der Waals surface area (Å²) >= 11 is 0. The van der Waals surface area contributed by atoms with Crippen LogP contribution in [0, 0.1) is 12.8 Å². The molecule has 2 aromatic rings. The molecule has 4 rings (SSSR count). The van der Waals surface area contributed by atoms with Crippen LogP contribution in [0.4, 0.5) is 5.82 Å².